The highest BCUT2D eigenvalue weighted by Crippen LogP contribution is 2.49. The minimum absolute atomic E-state index is 0.0141. The van der Waals surface area contributed by atoms with Gasteiger partial charge in [0.25, 0.3) is 0 Å². The molecule has 0 saturated carbocycles. The number of epoxide rings is 1. The van der Waals surface area contributed by atoms with E-state index in [0.717, 1.165) is 16.0 Å². The lowest BCUT2D eigenvalue weighted by atomic mass is 9.83. The van der Waals surface area contributed by atoms with E-state index in [9.17, 15) is 57.3 Å². The first-order valence-corrected chi connectivity index (χ1v) is 31.7. The summed E-state index contributed by atoms with van der Waals surface area (Å²) in [5, 5.41) is 42.1. The SMILES string of the molecule is COc1cc2cc(c1Cl)N(C)C(=O)CC(OC(=O)C(C)N(C)C(=O)OCc1ccc(NC(=O)C(CCCNC(N)=O)NC(=O)C(NS(=O)(=O)CCCCCCn3c(O)ccc3O)C(C)C)cc1)C1(C)OC1C(C)C1CC(O)(NC(=O)O1)C(OC)C=CC=C(C)C2. The molecule has 4 bridgehead atoms. The quantitative estimate of drug-likeness (QED) is 0.0215. The Morgan fingerprint density at radius 1 is 0.978 bits per heavy atom. The lowest BCUT2D eigenvalue weighted by Crippen LogP contribution is -2.63. The Morgan fingerprint density at radius 2 is 1.66 bits per heavy atom. The van der Waals surface area contributed by atoms with Crippen molar-refractivity contribution in [3.8, 4) is 17.5 Å². The standard InChI is InChI=1S/C61H86ClN9O18S/c1-35(2)52(68-90(82,83)28-14-12-11-13-27-71-48(72)24-25-49(71)73)55(76)66-42(18-16-26-64-57(63)78)54(75)65-41-22-20-39(21-23-41)34-86-59(80)69(7)38(5)56(77)88-47-32-50(74)70(8)43-30-40(31-44(84-9)51(43)62)29-36(3)17-15-19-46(85-10)61(81)33-45(87-58(79)67-61)37(4)53-60(47,6)89-53/h15,17,19-25,30-31,35,37-38,42,45-47,52-53,68,72-73,81H,11-14,16,18,26-29,32-34H2,1-10H3,(H,65,75)(H,66,76)(H,67,79)(H3,63,64,78). The number of likely N-dealkylation sites (N-methyl/N-ethyl adjacent to an activating group) is 1. The Bertz CT molecular complexity index is 3220. The number of sulfonamides is 1. The second kappa shape index (κ2) is 31.4. The summed E-state index contributed by atoms with van der Waals surface area (Å²) in [5.41, 5.74) is 4.60. The van der Waals surface area contributed by atoms with Gasteiger partial charge in [-0.3, -0.25) is 29.2 Å². The monoisotopic (exact) mass is 1300 g/mol. The van der Waals surface area contributed by atoms with Gasteiger partial charge in [0.2, 0.25) is 27.7 Å². The maximum Gasteiger partial charge on any atom is 0.410 e. The molecule has 4 heterocycles. The number of ether oxygens (including phenoxy) is 6. The molecule has 1 aromatic heterocycles. The van der Waals surface area contributed by atoms with Gasteiger partial charge in [-0.05, 0) is 94.2 Å². The minimum Gasteiger partial charge on any atom is -0.495 e. The van der Waals surface area contributed by atoms with Gasteiger partial charge in [-0.2, -0.15) is 0 Å². The molecule has 3 aromatic rings. The molecule has 10 atom stereocenters. The van der Waals surface area contributed by atoms with Crippen molar-refractivity contribution in [2.75, 3.05) is 50.8 Å². The number of carbonyl (C=O) groups is 7. The number of benzene rings is 2. The molecule has 10 N–H and O–H groups in total. The summed E-state index contributed by atoms with van der Waals surface area (Å²) in [6.45, 7) is 10.1. The number of alkyl carbamates (subject to hydrolysis) is 1. The predicted molar refractivity (Wildman–Crippen MR) is 332 cm³/mol. The Labute approximate surface area is 529 Å². The van der Waals surface area contributed by atoms with Crippen molar-refractivity contribution in [3.05, 3.63) is 88.5 Å². The number of esters is 1. The van der Waals surface area contributed by atoms with Crippen molar-refractivity contribution < 1.29 is 85.7 Å². The lowest BCUT2D eigenvalue weighted by molar-refractivity contribution is -0.158. The van der Waals surface area contributed by atoms with Crippen molar-refractivity contribution in [3.63, 3.8) is 0 Å². The molecule has 27 nitrogen and oxygen atoms in total. The van der Waals surface area contributed by atoms with Crippen LogP contribution in [0.5, 0.6) is 17.5 Å². The van der Waals surface area contributed by atoms with Crippen LogP contribution >= 0.6 is 11.6 Å². The number of hydrogen-bond donors (Lipinski definition) is 9. The topological polar surface area (TPSA) is 371 Å². The van der Waals surface area contributed by atoms with E-state index in [1.165, 1.54) is 69.0 Å². The van der Waals surface area contributed by atoms with E-state index in [0.29, 0.717) is 49.2 Å². The smallest absolute Gasteiger partial charge is 0.410 e. The average Bonchev–Trinajstić information content (AvgIpc) is 1.57. The zero-order valence-corrected chi connectivity index (χ0v) is 54.0. The van der Waals surface area contributed by atoms with Crippen LogP contribution in [0.3, 0.4) is 0 Å². The summed E-state index contributed by atoms with van der Waals surface area (Å²) in [6, 6.07) is 7.85. The molecule has 90 heavy (non-hydrogen) atoms. The number of hydrogen-bond acceptors (Lipinski definition) is 18. The molecule has 0 radical (unpaired) electrons. The fourth-order valence-corrected chi connectivity index (χ4v) is 12.5. The van der Waals surface area contributed by atoms with Crippen molar-refractivity contribution in [2.45, 2.75) is 166 Å². The van der Waals surface area contributed by atoms with Crippen LogP contribution in [0.1, 0.15) is 104 Å². The third-order valence-corrected chi connectivity index (χ3v) is 18.2. The second-order valence-corrected chi connectivity index (χ2v) is 25.8. The number of urea groups is 1. The molecule has 7 amide bonds. The van der Waals surface area contributed by atoms with Gasteiger partial charge >= 0.3 is 24.2 Å². The summed E-state index contributed by atoms with van der Waals surface area (Å²) < 4.78 is 65.3. The molecule has 3 aliphatic heterocycles. The minimum atomic E-state index is -3.97. The number of nitrogens with one attached hydrogen (secondary N) is 5. The van der Waals surface area contributed by atoms with Gasteiger partial charge in [-0.1, -0.05) is 81.1 Å². The largest absolute Gasteiger partial charge is 0.495 e. The highest BCUT2D eigenvalue weighted by atomic mass is 35.5. The number of allylic oxidation sites excluding steroid dienone is 3. The van der Waals surface area contributed by atoms with Gasteiger partial charge in [0.15, 0.2) is 17.5 Å². The number of fused-ring (bicyclic) bond motifs is 5. The van der Waals surface area contributed by atoms with E-state index in [1.54, 1.807) is 64.1 Å². The van der Waals surface area contributed by atoms with Crippen LogP contribution in [-0.2, 0) is 72.5 Å². The Balaban J connectivity index is 1.09. The molecule has 0 spiro atoms. The van der Waals surface area contributed by atoms with Crippen LogP contribution in [0.15, 0.2) is 72.3 Å². The molecule has 0 aliphatic carbocycles. The fourth-order valence-electron chi connectivity index (χ4n) is 10.7. The normalized spacial score (nSPS) is 23.0. The summed E-state index contributed by atoms with van der Waals surface area (Å²) >= 11 is 6.83. The van der Waals surface area contributed by atoms with Crippen LogP contribution in [0, 0.1) is 11.8 Å². The molecule has 2 fully saturated rings. The maximum atomic E-state index is 14.5. The van der Waals surface area contributed by atoms with E-state index in [2.05, 4.69) is 26.0 Å². The number of aliphatic hydroxyl groups is 1. The highest BCUT2D eigenvalue weighted by molar-refractivity contribution is 7.89. The maximum absolute atomic E-state index is 14.5. The molecular formula is C61H86ClN9O18S. The lowest BCUT2D eigenvalue weighted by Gasteiger charge is -2.42. The summed E-state index contributed by atoms with van der Waals surface area (Å²) in [4.78, 5) is 96.7. The van der Waals surface area contributed by atoms with Gasteiger partial charge < -0.3 is 70.3 Å². The average molecular weight is 1300 g/mol. The molecule has 2 saturated heterocycles. The third kappa shape index (κ3) is 19.0. The zero-order valence-electron chi connectivity index (χ0n) is 52.4. The third-order valence-electron chi connectivity index (χ3n) is 16.3. The van der Waals surface area contributed by atoms with Gasteiger partial charge in [-0.25, -0.2) is 32.3 Å². The second-order valence-electron chi connectivity index (χ2n) is 23.5. The van der Waals surface area contributed by atoms with E-state index in [4.69, 9.17) is 45.8 Å². The van der Waals surface area contributed by atoms with Crippen LogP contribution in [-0.4, -0.2) is 170 Å². The first-order valence-electron chi connectivity index (χ1n) is 29.7. The van der Waals surface area contributed by atoms with E-state index in [1.807, 2.05) is 13.0 Å². The molecule has 3 aliphatic rings. The van der Waals surface area contributed by atoms with Gasteiger partial charge in [0, 0.05) is 64.5 Å². The predicted octanol–water partition coefficient (Wildman–Crippen LogP) is 5.61. The van der Waals surface area contributed by atoms with Crippen molar-refractivity contribution >= 4 is 74.9 Å². The summed E-state index contributed by atoms with van der Waals surface area (Å²) in [5.74, 6) is -4.19. The Hall–Kier alpha value is -7.63. The van der Waals surface area contributed by atoms with Crippen molar-refractivity contribution in [1.82, 2.24) is 30.1 Å². The number of halogens is 1. The van der Waals surface area contributed by atoms with Crippen LogP contribution in [0.25, 0.3) is 0 Å². The summed E-state index contributed by atoms with van der Waals surface area (Å²) in [7, 11) is 1.71. The van der Waals surface area contributed by atoms with E-state index >= 15 is 0 Å². The first kappa shape index (κ1) is 71.4. The zero-order chi connectivity index (χ0) is 66.4. The van der Waals surface area contributed by atoms with Gasteiger partial charge in [0.05, 0.1) is 31.1 Å². The molecule has 6 rings (SSSR count). The van der Waals surface area contributed by atoms with Gasteiger partial charge in [0.1, 0.15) is 59.4 Å². The number of amides is 7. The number of rotatable bonds is 25. The number of carbonyl (C=O) groups excluding carboxylic acids is 7. The Kier molecular flexibility index (Phi) is 24.9. The fraction of sp³-hybridized carbons (Fsp3) is 0.557. The van der Waals surface area contributed by atoms with Crippen LogP contribution < -0.4 is 41.4 Å². The van der Waals surface area contributed by atoms with Crippen molar-refractivity contribution in [1.29, 1.82) is 0 Å². The van der Waals surface area contributed by atoms with Crippen LogP contribution in [0.4, 0.5) is 25.8 Å². The number of methoxy groups -OCH3 is 2. The number of nitrogens with two attached hydrogens (primary N) is 1. The Morgan fingerprint density at radius 3 is 2.30 bits per heavy atom. The summed E-state index contributed by atoms with van der Waals surface area (Å²) in [6.07, 6.45) is 1.24. The molecule has 29 heteroatoms. The van der Waals surface area contributed by atoms with E-state index < -0.39 is 124 Å². The molecule has 496 valence electrons. The number of anilines is 2. The highest BCUT2D eigenvalue weighted by Gasteiger charge is 2.64. The van der Waals surface area contributed by atoms with Crippen molar-refractivity contribution in [2.24, 2.45) is 17.6 Å². The van der Waals surface area contributed by atoms with Crippen LogP contribution in [0.2, 0.25) is 5.02 Å². The molecular weight excluding hydrogens is 1210 g/mol. The number of aromatic hydroxyl groups is 2. The van der Waals surface area contributed by atoms with E-state index in [-0.39, 0.29) is 67.1 Å². The number of aromatic nitrogens is 1. The number of unbranched alkanes of at least 4 members (excludes halogenated alkanes) is 3. The number of nitrogens with zero attached hydrogens (tertiary/aromatic N) is 3. The molecule has 2 aromatic carbocycles. The number of primary amides is 1. The van der Waals surface area contributed by atoms with Gasteiger partial charge in [-0.15, -0.1) is 0 Å². The molecule has 10 unspecified atom stereocenters. The first-order chi connectivity index (χ1) is 42.4.